The third-order valence-corrected chi connectivity index (χ3v) is 4.36. The third-order valence-electron chi connectivity index (χ3n) is 3.35. The second-order valence-corrected chi connectivity index (χ2v) is 6.32. The van der Waals surface area contributed by atoms with Gasteiger partial charge in [-0.15, -0.1) is 0 Å². The molecule has 3 rings (SSSR count). The minimum absolute atomic E-state index is 0.0460. The number of benzene rings is 2. The Morgan fingerprint density at radius 2 is 1.70 bits per heavy atom. The molecule has 0 unspecified atom stereocenters. The van der Waals surface area contributed by atoms with E-state index in [-0.39, 0.29) is 16.7 Å². The van der Waals surface area contributed by atoms with Crippen molar-refractivity contribution in [3.63, 3.8) is 0 Å². The molecule has 0 bridgehead atoms. The van der Waals surface area contributed by atoms with Crippen molar-refractivity contribution in [3.8, 4) is 0 Å². The predicted octanol–water partition coefficient (Wildman–Crippen LogP) is 5.30. The Bertz CT molecular complexity index is 951. The molecule has 0 aliphatic heterocycles. The molecule has 2 aromatic carbocycles. The predicted molar refractivity (Wildman–Crippen MR) is 94.0 cm³/mol. The molecule has 0 spiro atoms. The smallest absolute Gasteiger partial charge is 0.324 e. The molecule has 0 amide bonds. The number of non-ortho nitro benzene ring substituents is 1. The summed E-state index contributed by atoms with van der Waals surface area (Å²) < 4.78 is 39.8. The van der Waals surface area contributed by atoms with Crippen molar-refractivity contribution in [3.05, 3.63) is 76.5 Å². The van der Waals surface area contributed by atoms with Crippen LogP contribution in [0.4, 0.5) is 30.5 Å². The maximum Gasteiger partial charge on any atom is 0.420 e. The number of anilines is 2. The van der Waals surface area contributed by atoms with Crippen LogP contribution in [-0.2, 0) is 6.18 Å². The normalized spacial score (nSPS) is 11.2. The fourth-order valence-corrected chi connectivity index (χ4v) is 3.02. The van der Waals surface area contributed by atoms with Gasteiger partial charge in [0.25, 0.3) is 5.69 Å². The summed E-state index contributed by atoms with van der Waals surface area (Å²) >= 11 is 0.872. The molecule has 6 nitrogen and oxygen atoms in total. The van der Waals surface area contributed by atoms with Crippen LogP contribution in [-0.4, -0.2) is 14.9 Å². The van der Waals surface area contributed by atoms with E-state index in [1.807, 2.05) is 0 Å². The number of rotatable bonds is 5. The van der Waals surface area contributed by atoms with Gasteiger partial charge in [0.05, 0.1) is 4.92 Å². The van der Waals surface area contributed by atoms with E-state index in [4.69, 9.17) is 0 Å². The van der Waals surface area contributed by atoms with Crippen LogP contribution < -0.4 is 5.32 Å². The number of halogens is 3. The average Bonchev–Trinajstić information content (AvgIpc) is 2.62. The first kappa shape index (κ1) is 18.6. The van der Waals surface area contributed by atoms with Gasteiger partial charge in [0, 0.05) is 28.9 Å². The maximum absolute atomic E-state index is 13.3. The van der Waals surface area contributed by atoms with Gasteiger partial charge in [0.15, 0.2) is 0 Å². The van der Waals surface area contributed by atoms with Gasteiger partial charge in [0.2, 0.25) is 5.95 Å². The van der Waals surface area contributed by atoms with E-state index in [0.29, 0.717) is 16.8 Å². The Hall–Kier alpha value is -3.14. The molecule has 0 fully saturated rings. The maximum atomic E-state index is 13.3. The van der Waals surface area contributed by atoms with E-state index in [9.17, 15) is 23.3 Å². The highest BCUT2D eigenvalue weighted by Crippen LogP contribution is 2.38. The van der Waals surface area contributed by atoms with Gasteiger partial charge < -0.3 is 5.32 Å². The van der Waals surface area contributed by atoms with E-state index in [1.54, 1.807) is 30.3 Å². The largest absolute Gasteiger partial charge is 0.420 e. The lowest BCUT2D eigenvalue weighted by molar-refractivity contribution is -0.384. The van der Waals surface area contributed by atoms with Crippen LogP contribution in [0, 0.1) is 10.1 Å². The van der Waals surface area contributed by atoms with Gasteiger partial charge in [-0.1, -0.05) is 30.0 Å². The molecule has 10 heteroatoms. The van der Waals surface area contributed by atoms with Crippen molar-refractivity contribution in [2.24, 2.45) is 0 Å². The van der Waals surface area contributed by atoms with Gasteiger partial charge >= 0.3 is 6.18 Å². The first-order valence-corrected chi connectivity index (χ1v) is 8.33. The molecule has 1 aromatic heterocycles. The zero-order valence-corrected chi connectivity index (χ0v) is 14.3. The lowest BCUT2D eigenvalue weighted by atomic mass is 10.3. The second kappa shape index (κ2) is 7.62. The van der Waals surface area contributed by atoms with Crippen LogP contribution in [0.5, 0.6) is 0 Å². The second-order valence-electron chi connectivity index (χ2n) is 5.25. The first-order chi connectivity index (χ1) is 12.8. The summed E-state index contributed by atoms with van der Waals surface area (Å²) in [4.78, 5) is 18.4. The highest BCUT2D eigenvalue weighted by atomic mass is 32.2. The Kier molecular flexibility index (Phi) is 5.26. The quantitative estimate of drug-likeness (QED) is 0.361. The number of nitro groups is 1. The molecule has 1 N–H and O–H groups in total. The molecule has 0 saturated heterocycles. The Morgan fingerprint density at radius 1 is 1.04 bits per heavy atom. The van der Waals surface area contributed by atoms with Crippen molar-refractivity contribution in [1.29, 1.82) is 0 Å². The molecule has 138 valence electrons. The van der Waals surface area contributed by atoms with Crippen LogP contribution in [0.2, 0.25) is 0 Å². The zero-order valence-electron chi connectivity index (χ0n) is 13.5. The van der Waals surface area contributed by atoms with Crippen LogP contribution in [0.3, 0.4) is 0 Å². The van der Waals surface area contributed by atoms with Crippen LogP contribution in [0.25, 0.3) is 0 Å². The first-order valence-electron chi connectivity index (χ1n) is 7.51. The summed E-state index contributed by atoms with van der Waals surface area (Å²) in [7, 11) is 0. The van der Waals surface area contributed by atoms with Crippen molar-refractivity contribution in [2.75, 3.05) is 5.32 Å². The van der Waals surface area contributed by atoms with Gasteiger partial charge in [-0.3, -0.25) is 10.1 Å². The summed E-state index contributed by atoms with van der Waals surface area (Å²) in [5, 5.41) is 13.2. The molecular formula is C17H11F3N4O2S. The lowest BCUT2D eigenvalue weighted by Gasteiger charge is -2.13. The molecular weight excluding hydrogens is 381 g/mol. The Labute approximate surface area is 155 Å². The van der Waals surface area contributed by atoms with E-state index in [2.05, 4.69) is 15.3 Å². The van der Waals surface area contributed by atoms with Crippen molar-refractivity contribution in [2.45, 2.75) is 16.1 Å². The number of aromatic nitrogens is 2. The summed E-state index contributed by atoms with van der Waals surface area (Å²) in [6, 6.07) is 13.9. The van der Waals surface area contributed by atoms with Crippen LogP contribution in [0.15, 0.2) is 70.7 Å². The topological polar surface area (TPSA) is 81.0 Å². The van der Waals surface area contributed by atoms with E-state index in [1.165, 1.54) is 24.3 Å². The molecule has 27 heavy (non-hydrogen) atoms. The summed E-state index contributed by atoms with van der Waals surface area (Å²) in [6.45, 7) is 0. The van der Waals surface area contributed by atoms with Crippen molar-refractivity contribution in [1.82, 2.24) is 9.97 Å². The summed E-state index contributed by atoms with van der Waals surface area (Å²) in [6.07, 6.45) is -3.88. The Morgan fingerprint density at radius 3 is 2.30 bits per heavy atom. The number of nitrogens with one attached hydrogen (secondary N) is 1. The van der Waals surface area contributed by atoms with E-state index < -0.39 is 16.7 Å². The van der Waals surface area contributed by atoms with Crippen LogP contribution in [0.1, 0.15) is 5.56 Å². The number of nitro benzene ring substituents is 1. The standard InChI is InChI=1S/C17H11F3N4O2S/c18-17(19,20)14-10-21-16(22-11-6-8-12(9-7-11)24(25)26)23-15(14)27-13-4-2-1-3-5-13/h1-10H,(H,21,22,23). The van der Waals surface area contributed by atoms with Gasteiger partial charge in [-0.25, -0.2) is 9.97 Å². The zero-order chi connectivity index (χ0) is 19.4. The van der Waals surface area contributed by atoms with E-state index in [0.717, 1.165) is 11.8 Å². The molecule has 3 aromatic rings. The number of alkyl halides is 3. The lowest BCUT2D eigenvalue weighted by Crippen LogP contribution is -2.10. The van der Waals surface area contributed by atoms with Crippen molar-refractivity contribution < 1.29 is 18.1 Å². The Balaban J connectivity index is 1.90. The summed E-state index contributed by atoms with van der Waals surface area (Å²) in [5.74, 6) is -0.0460. The SMILES string of the molecule is O=[N+]([O-])c1ccc(Nc2ncc(C(F)(F)F)c(Sc3ccccc3)n2)cc1. The van der Waals surface area contributed by atoms with Gasteiger partial charge in [-0.05, 0) is 24.3 Å². The molecule has 0 radical (unpaired) electrons. The minimum atomic E-state index is -4.59. The van der Waals surface area contributed by atoms with Crippen LogP contribution >= 0.6 is 11.8 Å². The number of hydrogen-bond donors (Lipinski definition) is 1. The average molecular weight is 392 g/mol. The minimum Gasteiger partial charge on any atom is -0.324 e. The highest BCUT2D eigenvalue weighted by Gasteiger charge is 2.35. The molecule has 0 aliphatic rings. The fraction of sp³-hybridized carbons (Fsp3) is 0.0588. The highest BCUT2D eigenvalue weighted by molar-refractivity contribution is 7.99. The number of hydrogen-bond acceptors (Lipinski definition) is 6. The molecule has 0 aliphatic carbocycles. The van der Waals surface area contributed by atoms with Gasteiger partial charge in [0.1, 0.15) is 10.6 Å². The molecule has 0 saturated carbocycles. The molecule has 0 atom stereocenters. The third kappa shape index (κ3) is 4.73. The van der Waals surface area contributed by atoms with Gasteiger partial charge in [-0.2, -0.15) is 13.2 Å². The monoisotopic (exact) mass is 392 g/mol. The van der Waals surface area contributed by atoms with E-state index >= 15 is 0 Å². The van der Waals surface area contributed by atoms with Crippen molar-refractivity contribution >= 4 is 29.1 Å². The molecule has 1 heterocycles. The number of nitrogens with zero attached hydrogens (tertiary/aromatic N) is 3. The summed E-state index contributed by atoms with van der Waals surface area (Å²) in [5.41, 5.74) is -0.629. The fourth-order valence-electron chi connectivity index (χ4n) is 2.09.